The number of hydrogen-bond acceptors (Lipinski definition) is 2. The van der Waals surface area contributed by atoms with Crippen LogP contribution in [0.15, 0.2) is 0 Å². The van der Waals surface area contributed by atoms with Gasteiger partial charge in [0, 0.05) is 25.2 Å². The van der Waals surface area contributed by atoms with Crippen LogP contribution >= 0.6 is 24.8 Å². The van der Waals surface area contributed by atoms with Crippen LogP contribution in [0.3, 0.4) is 0 Å². The molecular formula is C6H14Cl2N2. The fourth-order valence-electron chi connectivity index (χ4n) is 1.50. The number of hydrogen-bond donors (Lipinski definition) is 2. The molecule has 1 aliphatic heterocycles. The Morgan fingerprint density at radius 1 is 0.800 bits per heavy atom. The standard InChI is InChI=1S/C6H12N2.2ClH/c1-2-6-5(1)7-3-4-8-6;;/h5-8H,1-4H2;2*1H/t5-,6-;;/m0../s1. The smallest absolute Gasteiger partial charge is 0.0222 e. The molecule has 2 N–H and O–H groups in total. The van der Waals surface area contributed by atoms with Crippen LogP contribution in [-0.2, 0) is 0 Å². The molecule has 2 atom stereocenters. The zero-order valence-corrected chi connectivity index (χ0v) is 7.43. The molecule has 2 nitrogen and oxygen atoms in total. The predicted octanol–water partition coefficient (Wildman–Crippen LogP) is 0.554. The Kier molecular flexibility index (Phi) is 4.61. The summed E-state index contributed by atoms with van der Waals surface area (Å²) in [4.78, 5) is 0. The van der Waals surface area contributed by atoms with E-state index in [1.807, 2.05) is 0 Å². The normalized spacial score (nSPS) is 36.0. The zero-order valence-electron chi connectivity index (χ0n) is 5.80. The van der Waals surface area contributed by atoms with Crippen LogP contribution in [-0.4, -0.2) is 25.2 Å². The van der Waals surface area contributed by atoms with Crippen LogP contribution in [0.25, 0.3) is 0 Å². The Bertz CT molecular complexity index is 87.7. The Hall–Kier alpha value is 0.500. The van der Waals surface area contributed by atoms with Crippen molar-refractivity contribution in [2.24, 2.45) is 0 Å². The lowest BCUT2D eigenvalue weighted by Gasteiger charge is -2.41. The van der Waals surface area contributed by atoms with Crippen LogP contribution in [0.5, 0.6) is 0 Å². The molecule has 1 aliphatic carbocycles. The van der Waals surface area contributed by atoms with Gasteiger partial charge in [-0.25, -0.2) is 0 Å². The first-order valence-corrected chi connectivity index (χ1v) is 3.43. The van der Waals surface area contributed by atoms with Crippen molar-refractivity contribution in [1.82, 2.24) is 10.6 Å². The molecule has 0 spiro atoms. The van der Waals surface area contributed by atoms with Crippen LogP contribution in [0.1, 0.15) is 12.8 Å². The fraction of sp³-hybridized carbons (Fsp3) is 1.00. The first kappa shape index (κ1) is 10.5. The van der Waals surface area contributed by atoms with Gasteiger partial charge in [0.05, 0.1) is 0 Å². The van der Waals surface area contributed by atoms with Gasteiger partial charge in [0.25, 0.3) is 0 Å². The fourth-order valence-corrected chi connectivity index (χ4v) is 1.50. The molecular weight excluding hydrogens is 171 g/mol. The summed E-state index contributed by atoms with van der Waals surface area (Å²) in [5.74, 6) is 0. The Morgan fingerprint density at radius 2 is 1.20 bits per heavy atom. The summed E-state index contributed by atoms with van der Waals surface area (Å²) in [7, 11) is 0. The monoisotopic (exact) mass is 184 g/mol. The number of nitrogens with one attached hydrogen (secondary N) is 2. The predicted molar refractivity (Wildman–Crippen MR) is 47.3 cm³/mol. The highest BCUT2D eigenvalue weighted by atomic mass is 35.5. The summed E-state index contributed by atoms with van der Waals surface area (Å²) in [6.07, 6.45) is 2.77. The van der Waals surface area contributed by atoms with E-state index < -0.39 is 0 Å². The van der Waals surface area contributed by atoms with Gasteiger partial charge in [-0.1, -0.05) is 0 Å². The molecule has 0 radical (unpaired) electrons. The molecule has 0 aromatic rings. The van der Waals surface area contributed by atoms with E-state index in [0.29, 0.717) is 0 Å². The second kappa shape index (κ2) is 4.39. The molecule has 2 fully saturated rings. The lowest BCUT2D eigenvalue weighted by atomic mass is 9.85. The molecule has 62 valence electrons. The largest absolute Gasteiger partial charge is 0.311 e. The maximum atomic E-state index is 3.46. The minimum Gasteiger partial charge on any atom is -0.311 e. The van der Waals surface area contributed by atoms with Crippen molar-refractivity contribution in [2.75, 3.05) is 13.1 Å². The number of piperazine rings is 1. The third-order valence-electron chi connectivity index (χ3n) is 2.21. The Morgan fingerprint density at radius 3 is 1.40 bits per heavy atom. The number of fused-ring (bicyclic) bond motifs is 1. The Balaban J connectivity index is 0.000000405. The van der Waals surface area contributed by atoms with Crippen LogP contribution < -0.4 is 10.6 Å². The van der Waals surface area contributed by atoms with Crippen molar-refractivity contribution in [3.05, 3.63) is 0 Å². The van der Waals surface area contributed by atoms with E-state index >= 15 is 0 Å². The molecule has 1 saturated carbocycles. The second-order valence-electron chi connectivity index (χ2n) is 2.70. The highest BCUT2D eigenvalue weighted by Crippen LogP contribution is 2.20. The minimum atomic E-state index is 0. The van der Waals surface area contributed by atoms with Crippen molar-refractivity contribution in [1.29, 1.82) is 0 Å². The van der Waals surface area contributed by atoms with Gasteiger partial charge in [-0.15, -0.1) is 24.8 Å². The van der Waals surface area contributed by atoms with Gasteiger partial charge in [0.2, 0.25) is 0 Å². The van der Waals surface area contributed by atoms with Gasteiger partial charge in [0.1, 0.15) is 0 Å². The first-order valence-electron chi connectivity index (χ1n) is 3.43. The summed E-state index contributed by atoms with van der Waals surface area (Å²) >= 11 is 0. The highest BCUT2D eigenvalue weighted by molar-refractivity contribution is 5.85. The molecule has 0 unspecified atom stereocenters. The summed E-state index contributed by atoms with van der Waals surface area (Å²) in [5, 5.41) is 6.91. The van der Waals surface area contributed by atoms with E-state index in [2.05, 4.69) is 10.6 Å². The van der Waals surface area contributed by atoms with Gasteiger partial charge in [-0.05, 0) is 12.8 Å². The summed E-state index contributed by atoms with van der Waals surface area (Å²) in [6.45, 7) is 2.34. The molecule has 0 aromatic carbocycles. The van der Waals surface area contributed by atoms with E-state index in [1.165, 1.54) is 25.9 Å². The van der Waals surface area contributed by atoms with Crippen LogP contribution in [0, 0.1) is 0 Å². The van der Waals surface area contributed by atoms with E-state index in [0.717, 1.165) is 12.1 Å². The number of halogens is 2. The Labute approximate surface area is 74.0 Å². The van der Waals surface area contributed by atoms with Gasteiger partial charge >= 0.3 is 0 Å². The lowest BCUT2D eigenvalue weighted by molar-refractivity contribution is 0.206. The number of rotatable bonds is 0. The maximum Gasteiger partial charge on any atom is 0.0222 e. The minimum absolute atomic E-state index is 0. The van der Waals surface area contributed by atoms with Gasteiger partial charge in [-0.3, -0.25) is 0 Å². The molecule has 10 heavy (non-hydrogen) atoms. The van der Waals surface area contributed by atoms with Crippen LogP contribution in [0.2, 0.25) is 0 Å². The average Bonchev–Trinajstić information content (AvgIpc) is 1.72. The third kappa shape index (κ3) is 1.76. The van der Waals surface area contributed by atoms with E-state index in [9.17, 15) is 0 Å². The average molecular weight is 185 g/mol. The molecule has 2 aliphatic rings. The van der Waals surface area contributed by atoms with Crippen molar-refractivity contribution in [3.8, 4) is 0 Å². The molecule has 2 rings (SSSR count). The van der Waals surface area contributed by atoms with E-state index in [-0.39, 0.29) is 24.8 Å². The molecule has 0 amide bonds. The maximum absolute atomic E-state index is 3.46. The highest BCUT2D eigenvalue weighted by Gasteiger charge is 2.31. The van der Waals surface area contributed by atoms with Crippen LogP contribution in [0.4, 0.5) is 0 Å². The first-order chi connectivity index (χ1) is 3.97. The molecule has 4 heteroatoms. The van der Waals surface area contributed by atoms with Crippen molar-refractivity contribution in [2.45, 2.75) is 24.9 Å². The van der Waals surface area contributed by atoms with Crippen molar-refractivity contribution in [3.63, 3.8) is 0 Å². The SMILES string of the molecule is C1CN[C@H]2CC[C@@H]2N1.Cl.Cl. The molecule has 0 bridgehead atoms. The zero-order chi connectivity index (χ0) is 5.40. The van der Waals surface area contributed by atoms with Gasteiger partial charge < -0.3 is 10.6 Å². The lowest BCUT2D eigenvalue weighted by Crippen LogP contribution is -2.61. The van der Waals surface area contributed by atoms with E-state index in [4.69, 9.17) is 0 Å². The quantitative estimate of drug-likeness (QED) is 0.576. The topological polar surface area (TPSA) is 24.1 Å². The molecule has 0 aromatic heterocycles. The molecule has 1 saturated heterocycles. The summed E-state index contributed by atoms with van der Waals surface area (Å²) in [6, 6.07) is 1.65. The van der Waals surface area contributed by atoms with Gasteiger partial charge in [-0.2, -0.15) is 0 Å². The van der Waals surface area contributed by atoms with E-state index in [1.54, 1.807) is 0 Å². The second-order valence-corrected chi connectivity index (χ2v) is 2.70. The molecule has 1 heterocycles. The summed E-state index contributed by atoms with van der Waals surface area (Å²) in [5.41, 5.74) is 0. The third-order valence-corrected chi connectivity index (χ3v) is 2.21. The van der Waals surface area contributed by atoms with Crippen molar-refractivity contribution < 1.29 is 0 Å². The van der Waals surface area contributed by atoms with Crippen molar-refractivity contribution >= 4 is 24.8 Å². The van der Waals surface area contributed by atoms with Gasteiger partial charge in [0.15, 0.2) is 0 Å². The summed E-state index contributed by atoms with van der Waals surface area (Å²) < 4.78 is 0.